The molecule has 226 valence electrons. The first kappa shape index (κ1) is 30.0. The number of esters is 1. The number of nitrogens with two attached hydrogens (primary N) is 1. The molecule has 0 fully saturated rings. The van der Waals surface area contributed by atoms with Gasteiger partial charge in [-0.1, -0.05) is 48.0 Å². The van der Waals surface area contributed by atoms with Crippen LogP contribution in [0.5, 0.6) is 23.0 Å². The van der Waals surface area contributed by atoms with E-state index in [1.165, 1.54) is 23.5 Å². The Balaban J connectivity index is 1.29. The van der Waals surface area contributed by atoms with Crippen molar-refractivity contribution in [1.29, 1.82) is 5.26 Å². The third kappa shape index (κ3) is 6.03. The molecular formula is C35H26ClFN2O5S. The van der Waals surface area contributed by atoms with Gasteiger partial charge in [0.25, 0.3) is 0 Å². The summed E-state index contributed by atoms with van der Waals surface area (Å²) in [4.78, 5) is 13.4. The Morgan fingerprint density at radius 3 is 2.60 bits per heavy atom. The zero-order valence-electron chi connectivity index (χ0n) is 24.2. The van der Waals surface area contributed by atoms with Crippen molar-refractivity contribution in [3.63, 3.8) is 0 Å². The van der Waals surface area contributed by atoms with Gasteiger partial charge < -0.3 is 24.7 Å². The van der Waals surface area contributed by atoms with E-state index in [4.69, 9.17) is 36.3 Å². The Bertz CT molecular complexity index is 2020. The van der Waals surface area contributed by atoms with Gasteiger partial charge in [-0.2, -0.15) is 5.26 Å². The molecule has 1 atom stereocenters. The van der Waals surface area contributed by atoms with Gasteiger partial charge in [-0.3, -0.25) is 0 Å². The zero-order chi connectivity index (χ0) is 31.7. The van der Waals surface area contributed by atoms with Crippen molar-refractivity contribution >= 4 is 39.0 Å². The number of allylic oxidation sites excluding steroid dienone is 1. The van der Waals surface area contributed by atoms with Crippen LogP contribution in [0.2, 0.25) is 5.02 Å². The molecule has 0 amide bonds. The van der Waals surface area contributed by atoms with E-state index < -0.39 is 11.9 Å². The van der Waals surface area contributed by atoms with Gasteiger partial charge in [-0.15, -0.1) is 11.3 Å². The summed E-state index contributed by atoms with van der Waals surface area (Å²) in [7, 11) is 0. The van der Waals surface area contributed by atoms with E-state index in [1.54, 1.807) is 42.5 Å². The maximum Gasteiger partial charge on any atom is 0.355 e. The topological polar surface area (TPSA) is 104 Å². The predicted molar refractivity (Wildman–Crippen MR) is 171 cm³/mol. The van der Waals surface area contributed by atoms with E-state index in [1.807, 2.05) is 38.1 Å². The maximum atomic E-state index is 13.3. The minimum absolute atomic E-state index is 0.0593. The molecule has 1 unspecified atom stereocenters. The number of hydrogen-bond acceptors (Lipinski definition) is 8. The van der Waals surface area contributed by atoms with Crippen LogP contribution in [-0.2, 0) is 6.61 Å². The maximum absolute atomic E-state index is 13.3. The van der Waals surface area contributed by atoms with Gasteiger partial charge >= 0.3 is 5.97 Å². The smallest absolute Gasteiger partial charge is 0.355 e. The SMILES string of the molecule is CCOc1cc(C2C(C#N)=C(N)Oc3cc(OC(=O)c4sc5cc(C)ccc5c4Cl)ccc32)ccc1OCc1ccc(F)cc1. The second-order valence-electron chi connectivity index (χ2n) is 10.3. The summed E-state index contributed by atoms with van der Waals surface area (Å²) < 4.78 is 37.6. The Morgan fingerprint density at radius 2 is 1.84 bits per heavy atom. The molecule has 2 N–H and O–H groups in total. The van der Waals surface area contributed by atoms with Gasteiger partial charge in [-0.25, -0.2) is 9.18 Å². The fourth-order valence-electron chi connectivity index (χ4n) is 5.13. The van der Waals surface area contributed by atoms with Crippen LogP contribution in [0.4, 0.5) is 4.39 Å². The van der Waals surface area contributed by atoms with E-state index >= 15 is 0 Å². The quantitative estimate of drug-likeness (QED) is 0.134. The molecule has 45 heavy (non-hydrogen) atoms. The number of benzene rings is 4. The standard InChI is InChI=1S/C35H26ClFN2O5S/c1-3-41-29-15-21(7-13-27(29)42-18-20-5-8-22(37)9-6-20)31-24-12-10-23(16-28(24)44-34(39)26(31)17-38)43-35(40)33-32(36)25-11-4-19(2)14-30(25)45-33/h4-16,31H,3,18,39H2,1-2H3. The first-order valence-electron chi connectivity index (χ1n) is 14.0. The molecule has 1 aliphatic heterocycles. The van der Waals surface area contributed by atoms with Crippen LogP contribution in [0.15, 0.2) is 90.3 Å². The number of thiophene rings is 1. The molecule has 7 nitrogen and oxygen atoms in total. The number of rotatable bonds is 8. The first-order chi connectivity index (χ1) is 21.7. The predicted octanol–water partition coefficient (Wildman–Crippen LogP) is 8.42. The first-order valence-corrected chi connectivity index (χ1v) is 15.2. The van der Waals surface area contributed by atoms with Crippen molar-refractivity contribution in [2.24, 2.45) is 5.73 Å². The van der Waals surface area contributed by atoms with Gasteiger partial charge in [0, 0.05) is 21.7 Å². The van der Waals surface area contributed by atoms with Crippen LogP contribution in [0, 0.1) is 24.1 Å². The molecule has 2 heterocycles. The number of aryl methyl sites for hydroxylation is 1. The Labute approximate surface area is 267 Å². The number of hydrogen-bond donors (Lipinski definition) is 1. The lowest BCUT2D eigenvalue weighted by molar-refractivity contribution is 0.0739. The molecule has 0 aliphatic carbocycles. The third-order valence-corrected chi connectivity index (χ3v) is 8.92. The van der Waals surface area contributed by atoms with Gasteiger partial charge in [0.15, 0.2) is 11.5 Å². The van der Waals surface area contributed by atoms with Crippen LogP contribution in [0.3, 0.4) is 0 Å². The molecule has 1 aromatic heterocycles. The molecule has 1 aliphatic rings. The van der Waals surface area contributed by atoms with E-state index in [-0.39, 0.29) is 29.6 Å². The summed E-state index contributed by atoms with van der Waals surface area (Å²) in [5, 5.41) is 11.2. The largest absolute Gasteiger partial charge is 0.490 e. The van der Waals surface area contributed by atoms with E-state index in [9.17, 15) is 14.4 Å². The summed E-state index contributed by atoms with van der Waals surface area (Å²) in [6.45, 7) is 4.42. The lowest BCUT2D eigenvalue weighted by atomic mass is 9.83. The zero-order valence-corrected chi connectivity index (χ0v) is 25.8. The molecule has 0 spiro atoms. The van der Waals surface area contributed by atoms with Gasteiger partial charge in [0.1, 0.15) is 40.4 Å². The second kappa shape index (κ2) is 12.5. The van der Waals surface area contributed by atoms with Crippen molar-refractivity contribution in [3.8, 4) is 29.1 Å². The van der Waals surface area contributed by atoms with E-state index in [0.717, 1.165) is 21.2 Å². The average Bonchev–Trinajstić information content (AvgIpc) is 3.35. The highest BCUT2D eigenvalue weighted by Gasteiger charge is 2.32. The summed E-state index contributed by atoms with van der Waals surface area (Å²) in [6.07, 6.45) is 0. The minimum Gasteiger partial charge on any atom is -0.490 e. The molecule has 10 heteroatoms. The highest BCUT2D eigenvalue weighted by atomic mass is 35.5. The number of nitriles is 1. The van der Waals surface area contributed by atoms with Crippen molar-refractivity contribution in [1.82, 2.24) is 0 Å². The minimum atomic E-state index is -0.593. The van der Waals surface area contributed by atoms with Crippen molar-refractivity contribution < 1.29 is 28.1 Å². The number of nitrogens with zero attached hydrogens (tertiary/aromatic N) is 1. The van der Waals surface area contributed by atoms with Gasteiger partial charge in [-0.05, 0) is 66.9 Å². The number of halogens is 2. The normalized spacial score (nSPS) is 14.0. The highest BCUT2D eigenvalue weighted by Crippen LogP contribution is 2.45. The fourth-order valence-corrected chi connectivity index (χ4v) is 6.62. The Kier molecular flexibility index (Phi) is 8.35. The van der Waals surface area contributed by atoms with Crippen LogP contribution in [0.25, 0.3) is 10.1 Å². The highest BCUT2D eigenvalue weighted by molar-refractivity contribution is 7.21. The number of fused-ring (bicyclic) bond motifs is 2. The van der Waals surface area contributed by atoms with Gasteiger partial charge in [0.05, 0.1) is 17.5 Å². The summed E-state index contributed by atoms with van der Waals surface area (Å²) in [5.74, 6) is -0.0251. The lowest BCUT2D eigenvalue weighted by Crippen LogP contribution is -2.21. The van der Waals surface area contributed by atoms with Crippen molar-refractivity contribution in [2.75, 3.05) is 6.61 Å². The Hall–Kier alpha value is -5.04. The molecule has 0 saturated carbocycles. The van der Waals surface area contributed by atoms with Crippen LogP contribution in [-0.4, -0.2) is 12.6 Å². The van der Waals surface area contributed by atoms with E-state index in [2.05, 4.69) is 6.07 Å². The van der Waals surface area contributed by atoms with Crippen LogP contribution >= 0.6 is 22.9 Å². The Morgan fingerprint density at radius 1 is 1.04 bits per heavy atom. The lowest BCUT2D eigenvalue weighted by Gasteiger charge is -2.27. The monoisotopic (exact) mass is 640 g/mol. The van der Waals surface area contributed by atoms with Crippen LogP contribution in [0.1, 0.15) is 44.8 Å². The summed E-state index contributed by atoms with van der Waals surface area (Å²) in [6, 6.07) is 24.4. The molecule has 0 saturated heterocycles. The summed E-state index contributed by atoms with van der Waals surface area (Å²) in [5.41, 5.74) is 9.68. The van der Waals surface area contributed by atoms with Gasteiger partial charge in [0.2, 0.25) is 5.88 Å². The summed E-state index contributed by atoms with van der Waals surface area (Å²) >= 11 is 7.79. The van der Waals surface area contributed by atoms with E-state index in [0.29, 0.717) is 44.9 Å². The molecule has 5 aromatic rings. The third-order valence-electron chi connectivity index (χ3n) is 7.28. The molecule has 0 radical (unpaired) electrons. The van der Waals surface area contributed by atoms with Crippen molar-refractivity contribution in [2.45, 2.75) is 26.4 Å². The van der Waals surface area contributed by atoms with Crippen molar-refractivity contribution in [3.05, 3.63) is 128 Å². The van der Waals surface area contributed by atoms with Crippen LogP contribution < -0.4 is 24.7 Å². The molecule has 4 aromatic carbocycles. The molecule has 6 rings (SSSR count). The second-order valence-corrected chi connectivity index (χ2v) is 11.7. The number of carbonyl (C=O) groups excluding carboxylic acids is 1. The molecule has 0 bridgehead atoms. The number of carbonyl (C=O) groups is 1. The average molecular weight is 641 g/mol. The fraction of sp³-hybridized carbons (Fsp3) is 0.143. The molecular weight excluding hydrogens is 615 g/mol. The number of ether oxygens (including phenoxy) is 4.